The Labute approximate surface area is 51.8 Å². The van der Waals surface area contributed by atoms with Crippen LogP contribution in [-0.4, -0.2) is 17.2 Å². The van der Waals surface area contributed by atoms with Crippen LogP contribution in [0.2, 0.25) is 0 Å². The molecule has 1 N–H and O–H groups in total. The molecule has 0 aliphatic rings. The Morgan fingerprint density at radius 3 is 1.67 bits per heavy atom. The molecule has 0 saturated carbocycles. The zero-order valence-corrected chi connectivity index (χ0v) is 4.88. The summed E-state index contributed by atoms with van der Waals surface area (Å²) in [6, 6.07) is 0. The third kappa shape index (κ3) is 20.7. The Balaban J connectivity index is 0. The van der Waals surface area contributed by atoms with Crippen molar-refractivity contribution in [2.24, 2.45) is 0 Å². The lowest BCUT2D eigenvalue weighted by Crippen LogP contribution is -1.92. The molecular formula is C5H6O4. The minimum absolute atomic E-state index is 0.176. The van der Waals surface area contributed by atoms with Crippen molar-refractivity contribution in [3.05, 3.63) is 12.2 Å². The van der Waals surface area contributed by atoms with Crippen molar-refractivity contribution in [3.8, 4) is 0 Å². The van der Waals surface area contributed by atoms with E-state index in [-0.39, 0.29) is 11.7 Å². The van der Waals surface area contributed by atoms with E-state index in [0.29, 0.717) is 0 Å². The molecule has 0 atom stereocenters. The third-order valence-corrected chi connectivity index (χ3v) is 0.365. The molecule has 0 amide bonds. The average molecular weight is 130 g/mol. The summed E-state index contributed by atoms with van der Waals surface area (Å²) in [6.07, 6.45) is 0.250. The lowest BCUT2D eigenvalue weighted by atomic mass is 10.4. The summed E-state index contributed by atoms with van der Waals surface area (Å²) in [6.45, 7) is 4.60. The lowest BCUT2D eigenvalue weighted by Gasteiger charge is -1.79. The Kier molecular flexibility index (Phi) is 7.72. The summed E-state index contributed by atoms with van der Waals surface area (Å²) in [5.74, 6) is -0.935. The fraction of sp³-hybridized carbons (Fsp3) is 0.200. The van der Waals surface area contributed by atoms with E-state index in [4.69, 9.17) is 14.7 Å². The van der Waals surface area contributed by atoms with Crippen LogP contribution >= 0.6 is 0 Å². The third-order valence-electron chi connectivity index (χ3n) is 0.365. The van der Waals surface area contributed by atoms with Crippen molar-refractivity contribution >= 4 is 12.1 Å². The van der Waals surface area contributed by atoms with Gasteiger partial charge in [-0.3, -0.25) is 0 Å². The van der Waals surface area contributed by atoms with Gasteiger partial charge in [-0.1, -0.05) is 6.58 Å². The van der Waals surface area contributed by atoms with Gasteiger partial charge in [0.1, 0.15) is 0 Å². The highest BCUT2D eigenvalue weighted by molar-refractivity contribution is 5.84. The maximum Gasteiger partial charge on any atom is 0.373 e. The first kappa shape index (κ1) is 10.5. The highest BCUT2D eigenvalue weighted by Crippen LogP contribution is 1.81. The number of hydrogen-bond acceptors (Lipinski definition) is 3. The summed E-state index contributed by atoms with van der Waals surface area (Å²) in [5, 5.41) is 7.89. The smallest absolute Gasteiger partial charge is 0.373 e. The summed E-state index contributed by atoms with van der Waals surface area (Å²) in [5.41, 5.74) is 0.176. The first-order valence-electron chi connectivity index (χ1n) is 1.94. The second-order valence-corrected chi connectivity index (χ2v) is 1.17. The summed E-state index contributed by atoms with van der Waals surface area (Å²) >= 11 is 0. The number of carboxylic acid groups (broad SMARTS) is 1. The van der Waals surface area contributed by atoms with Crippen molar-refractivity contribution in [1.29, 1.82) is 0 Å². The van der Waals surface area contributed by atoms with E-state index in [1.807, 2.05) is 0 Å². The van der Waals surface area contributed by atoms with Gasteiger partial charge in [0.2, 0.25) is 0 Å². The minimum atomic E-state index is -0.935. The predicted octanol–water partition coefficient (Wildman–Crippen LogP) is 0.0636. The molecule has 0 rings (SSSR count). The largest absolute Gasteiger partial charge is 0.478 e. The van der Waals surface area contributed by atoms with E-state index in [2.05, 4.69) is 6.58 Å². The Bertz CT molecular complexity index is 129. The maximum absolute atomic E-state index is 9.60. The Morgan fingerprint density at radius 2 is 1.67 bits per heavy atom. The van der Waals surface area contributed by atoms with Crippen molar-refractivity contribution in [3.63, 3.8) is 0 Å². The number of aliphatic carboxylic acids is 1. The van der Waals surface area contributed by atoms with Crippen LogP contribution in [0, 0.1) is 0 Å². The quantitative estimate of drug-likeness (QED) is 0.509. The molecular weight excluding hydrogens is 124 g/mol. The molecule has 0 aliphatic carbocycles. The first-order valence-corrected chi connectivity index (χ1v) is 1.94. The fourth-order valence-corrected chi connectivity index (χ4v) is 0. The SMILES string of the molecule is C=C(C)C(=O)O.O=C=O. The molecule has 0 bridgehead atoms. The number of rotatable bonds is 1. The van der Waals surface area contributed by atoms with Gasteiger partial charge in [-0.2, -0.15) is 9.59 Å². The number of carbonyl (C=O) groups is 1. The van der Waals surface area contributed by atoms with E-state index in [0.717, 1.165) is 0 Å². The van der Waals surface area contributed by atoms with E-state index in [1.54, 1.807) is 0 Å². The van der Waals surface area contributed by atoms with Gasteiger partial charge in [-0.15, -0.1) is 0 Å². The van der Waals surface area contributed by atoms with E-state index < -0.39 is 5.97 Å². The lowest BCUT2D eigenvalue weighted by molar-refractivity contribution is -0.191. The van der Waals surface area contributed by atoms with Crippen LogP contribution in [0.25, 0.3) is 0 Å². The van der Waals surface area contributed by atoms with Crippen molar-refractivity contribution < 1.29 is 19.5 Å². The highest BCUT2D eigenvalue weighted by Gasteiger charge is 1.90. The molecule has 0 saturated heterocycles. The molecule has 0 aromatic rings. The summed E-state index contributed by atoms with van der Waals surface area (Å²) < 4.78 is 0. The summed E-state index contributed by atoms with van der Waals surface area (Å²) in [4.78, 5) is 25.8. The van der Waals surface area contributed by atoms with Crippen LogP contribution in [0.1, 0.15) is 6.92 Å². The van der Waals surface area contributed by atoms with Gasteiger partial charge in [0.15, 0.2) is 0 Å². The monoisotopic (exact) mass is 130 g/mol. The zero-order chi connectivity index (χ0) is 7.86. The van der Waals surface area contributed by atoms with Crippen molar-refractivity contribution in [2.75, 3.05) is 0 Å². The van der Waals surface area contributed by atoms with Crippen LogP contribution in [0.5, 0.6) is 0 Å². The zero-order valence-electron chi connectivity index (χ0n) is 4.88. The molecule has 0 unspecified atom stereocenters. The van der Waals surface area contributed by atoms with E-state index in [1.165, 1.54) is 6.92 Å². The second-order valence-electron chi connectivity index (χ2n) is 1.17. The number of carbonyl (C=O) groups excluding carboxylic acids is 2. The second kappa shape index (κ2) is 6.59. The van der Waals surface area contributed by atoms with Gasteiger partial charge < -0.3 is 5.11 Å². The topological polar surface area (TPSA) is 71.4 Å². The van der Waals surface area contributed by atoms with Gasteiger partial charge in [-0.05, 0) is 6.92 Å². The first-order chi connectivity index (χ1) is 4.06. The van der Waals surface area contributed by atoms with Gasteiger partial charge in [0, 0.05) is 5.57 Å². The highest BCUT2D eigenvalue weighted by atomic mass is 16.4. The molecule has 0 aliphatic heterocycles. The molecule has 0 spiro atoms. The van der Waals surface area contributed by atoms with Crippen LogP contribution in [0.4, 0.5) is 0 Å². The average Bonchev–Trinajstić information content (AvgIpc) is 1.68. The molecule has 0 aromatic heterocycles. The van der Waals surface area contributed by atoms with Crippen molar-refractivity contribution in [2.45, 2.75) is 6.92 Å². The standard InChI is InChI=1S/C4H6O2.CO2/c1-3(2)4(5)6;2-1-3/h1H2,2H3,(H,5,6);. The van der Waals surface area contributed by atoms with Crippen LogP contribution in [0.3, 0.4) is 0 Å². The molecule has 0 aromatic carbocycles. The Hall–Kier alpha value is -1.41. The maximum atomic E-state index is 9.60. The van der Waals surface area contributed by atoms with Gasteiger partial charge in [0.05, 0.1) is 0 Å². The van der Waals surface area contributed by atoms with Crippen LogP contribution in [-0.2, 0) is 14.4 Å². The molecule has 9 heavy (non-hydrogen) atoms. The van der Waals surface area contributed by atoms with Crippen LogP contribution in [0.15, 0.2) is 12.2 Å². The van der Waals surface area contributed by atoms with Gasteiger partial charge >= 0.3 is 12.1 Å². The van der Waals surface area contributed by atoms with E-state index >= 15 is 0 Å². The fourth-order valence-electron chi connectivity index (χ4n) is 0. The normalized spacial score (nSPS) is 5.89. The van der Waals surface area contributed by atoms with Crippen LogP contribution < -0.4 is 0 Å². The molecule has 4 nitrogen and oxygen atoms in total. The van der Waals surface area contributed by atoms with Crippen molar-refractivity contribution in [1.82, 2.24) is 0 Å². The predicted molar refractivity (Wildman–Crippen MR) is 27.5 cm³/mol. The molecule has 4 heteroatoms. The molecule has 0 heterocycles. The Morgan fingerprint density at radius 1 is 1.56 bits per heavy atom. The molecule has 0 radical (unpaired) electrons. The van der Waals surface area contributed by atoms with Gasteiger partial charge in [-0.25, -0.2) is 4.79 Å². The molecule has 0 fully saturated rings. The van der Waals surface area contributed by atoms with E-state index in [9.17, 15) is 4.79 Å². The summed E-state index contributed by atoms with van der Waals surface area (Å²) in [7, 11) is 0. The number of carboxylic acids is 1. The minimum Gasteiger partial charge on any atom is -0.478 e. The van der Waals surface area contributed by atoms with Gasteiger partial charge in [0.25, 0.3) is 0 Å². The number of hydrogen-bond donors (Lipinski definition) is 1. The molecule has 50 valence electrons.